The topological polar surface area (TPSA) is 46.9 Å². The van der Waals surface area contributed by atoms with Gasteiger partial charge in [-0.15, -0.1) is 0 Å². The van der Waals surface area contributed by atoms with Crippen LogP contribution in [0.5, 0.6) is 0 Å². The summed E-state index contributed by atoms with van der Waals surface area (Å²) in [4.78, 5) is 12.0. The minimum absolute atomic E-state index is 0.206. The average molecular weight is 356 g/mol. The van der Waals surface area contributed by atoms with Crippen molar-refractivity contribution in [3.05, 3.63) is 21.0 Å². The molecule has 0 aliphatic carbocycles. The number of nitrogens with one attached hydrogen (secondary N) is 1. The van der Waals surface area contributed by atoms with E-state index < -0.39 is 18.6 Å². The number of alkyl halides is 3. The molecule has 1 aromatic rings. The normalized spacial score (nSPS) is 13.3. The first-order valence-corrected chi connectivity index (χ1v) is 7.12. The molecule has 0 aromatic carbocycles. The molecule has 1 aromatic heterocycles. The first-order chi connectivity index (χ1) is 9.24. The van der Waals surface area contributed by atoms with Crippen molar-refractivity contribution in [2.75, 3.05) is 5.32 Å². The molecule has 0 saturated heterocycles. The molecule has 0 aliphatic rings. The summed E-state index contributed by atoms with van der Waals surface area (Å²) in [5.74, 6) is 0. The van der Waals surface area contributed by atoms with Gasteiger partial charge < -0.3 is 5.32 Å². The molecule has 0 spiro atoms. The number of unbranched alkanes of at least 4 members (excludes halogenated alkanes) is 1. The molecule has 20 heavy (non-hydrogen) atoms. The number of anilines is 1. The van der Waals surface area contributed by atoms with Crippen LogP contribution in [-0.4, -0.2) is 22.0 Å². The lowest BCUT2D eigenvalue weighted by Crippen LogP contribution is -2.28. The van der Waals surface area contributed by atoms with E-state index in [0.717, 1.165) is 12.8 Å². The van der Waals surface area contributed by atoms with Crippen molar-refractivity contribution >= 4 is 21.6 Å². The van der Waals surface area contributed by atoms with Crippen LogP contribution < -0.4 is 10.9 Å². The Morgan fingerprint density at radius 1 is 1.50 bits per heavy atom. The number of hydrogen-bond donors (Lipinski definition) is 1. The molecule has 0 fully saturated rings. The summed E-state index contributed by atoms with van der Waals surface area (Å²) in [6, 6.07) is -0.834. The lowest BCUT2D eigenvalue weighted by Gasteiger charge is -2.18. The van der Waals surface area contributed by atoms with Gasteiger partial charge in [-0.05, 0) is 29.3 Å². The van der Waals surface area contributed by atoms with E-state index in [9.17, 15) is 18.0 Å². The van der Waals surface area contributed by atoms with E-state index in [1.165, 1.54) is 17.8 Å². The molecule has 8 heteroatoms. The van der Waals surface area contributed by atoms with Crippen LogP contribution in [0.2, 0.25) is 0 Å². The summed E-state index contributed by atoms with van der Waals surface area (Å²) in [6.45, 7) is 3.89. The second-order valence-electron chi connectivity index (χ2n) is 4.62. The first-order valence-electron chi connectivity index (χ1n) is 6.33. The second kappa shape index (κ2) is 7.10. The van der Waals surface area contributed by atoms with Gasteiger partial charge in [0.1, 0.15) is 4.47 Å². The van der Waals surface area contributed by atoms with Gasteiger partial charge in [-0.3, -0.25) is 4.79 Å². The van der Waals surface area contributed by atoms with Crippen LogP contribution in [0.15, 0.2) is 15.5 Å². The van der Waals surface area contributed by atoms with Crippen LogP contribution in [0, 0.1) is 0 Å². The van der Waals surface area contributed by atoms with Gasteiger partial charge in [0, 0.05) is 12.6 Å². The summed E-state index contributed by atoms with van der Waals surface area (Å²) in [6.07, 6.45) is -2.11. The molecule has 1 unspecified atom stereocenters. The minimum Gasteiger partial charge on any atom is -0.380 e. The number of hydrogen-bond acceptors (Lipinski definition) is 3. The summed E-state index contributed by atoms with van der Waals surface area (Å²) in [5, 5.41) is 6.60. The third-order valence-electron chi connectivity index (χ3n) is 2.65. The van der Waals surface area contributed by atoms with Crippen LogP contribution in [-0.2, 0) is 6.54 Å². The van der Waals surface area contributed by atoms with Crippen molar-refractivity contribution < 1.29 is 13.2 Å². The molecule has 1 N–H and O–H groups in total. The fourth-order valence-corrected chi connectivity index (χ4v) is 2.12. The third kappa shape index (κ3) is 5.15. The third-order valence-corrected chi connectivity index (χ3v) is 3.41. The highest BCUT2D eigenvalue weighted by Crippen LogP contribution is 2.24. The van der Waals surface area contributed by atoms with Crippen molar-refractivity contribution in [1.82, 2.24) is 9.78 Å². The Bertz CT molecular complexity index is 502. The highest BCUT2D eigenvalue weighted by atomic mass is 79.9. The van der Waals surface area contributed by atoms with Gasteiger partial charge in [-0.1, -0.05) is 13.3 Å². The number of halogens is 4. The Labute approximate surface area is 123 Å². The van der Waals surface area contributed by atoms with E-state index in [2.05, 4.69) is 26.3 Å². The summed E-state index contributed by atoms with van der Waals surface area (Å²) in [5.41, 5.74) is -0.0674. The highest BCUT2D eigenvalue weighted by molar-refractivity contribution is 9.10. The van der Waals surface area contributed by atoms with Gasteiger partial charge >= 0.3 is 6.18 Å². The summed E-state index contributed by atoms with van der Waals surface area (Å²) in [7, 11) is 0. The van der Waals surface area contributed by atoms with Gasteiger partial charge in [0.15, 0.2) is 0 Å². The molecular formula is C12H17BrF3N3O. The number of nitrogens with zero attached hydrogens (tertiary/aromatic N) is 2. The molecule has 0 radical (unpaired) electrons. The summed E-state index contributed by atoms with van der Waals surface area (Å²) >= 11 is 3.11. The Balaban J connectivity index is 2.82. The van der Waals surface area contributed by atoms with Crippen molar-refractivity contribution in [3.8, 4) is 0 Å². The SMILES string of the molecule is CCCCn1ncc(NC(C)CC(F)(F)F)c(Br)c1=O. The highest BCUT2D eigenvalue weighted by Gasteiger charge is 2.30. The molecule has 1 rings (SSSR count). The lowest BCUT2D eigenvalue weighted by molar-refractivity contribution is -0.136. The molecule has 1 atom stereocenters. The predicted molar refractivity (Wildman–Crippen MR) is 74.9 cm³/mol. The molecule has 1 heterocycles. The molecular weight excluding hydrogens is 339 g/mol. The van der Waals surface area contributed by atoms with E-state index in [-0.39, 0.29) is 15.7 Å². The van der Waals surface area contributed by atoms with Crippen molar-refractivity contribution in [3.63, 3.8) is 0 Å². The Hall–Kier alpha value is -1.05. The maximum atomic E-state index is 12.3. The molecule has 0 saturated carbocycles. The standard InChI is InChI=1S/C12H17BrF3N3O/c1-3-4-5-19-11(20)10(13)9(7-17-19)18-8(2)6-12(14,15)16/h7-8,18H,3-6H2,1-2H3. The zero-order valence-electron chi connectivity index (χ0n) is 11.3. The van der Waals surface area contributed by atoms with Crippen molar-refractivity contribution in [2.45, 2.75) is 51.9 Å². The minimum atomic E-state index is -4.25. The van der Waals surface area contributed by atoms with Gasteiger partial charge in [-0.25, -0.2) is 4.68 Å². The Kier molecular flexibility index (Phi) is 6.04. The average Bonchev–Trinajstić information content (AvgIpc) is 2.32. The number of rotatable bonds is 6. The molecule has 114 valence electrons. The van der Waals surface area contributed by atoms with E-state index in [4.69, 9.17) is 0 Å². The van der Waals surface area contributed by atoms with Crippen LogP contribution in [0.1, 0.15) is 33.1 Å². The second-order valence-corrected chi connectivity index (χ2v) is 5.41. The summed E-state index contributed by atoms with van der Waals surface area (Å²) < 4.78 is 38.3. The van der Waals surface area contributed by atoms with Crippen LogP contribution in [0.3, 0.4) is 0 Å². The van der Waals surface area contributed by atoms with Crippen molar-refractivity contribution in [2.24, 2.45) is 0 Å². The Morgan fingerprint density at radius 3 is 2.70 bits per heavy atom. The van der Waals surface area contributed by atoms with E-state index in [1.54, 1.807) is 0 Å². The van der Waals surface area contributed by atoms with E-state index >= 15 is 0 Å². The monoisotopic (exact) mass is 355 g/mol. The van der Waals surface area contributed by atoms with Gasteiger partial charge in [0.05, 0.1) is 18.3 Å². The molecule has 4 nitrogen and oxygen atoms in total. The van der Waals surface area contributed by atoms with Gasteiger partial charge in [0.2, 0.25) is 0 Å². The first kappa shape index (κ1) is 17.0. The fourth-order valence-electron chi connectivity index (χ4n) is 1.70. The largest absolute Gasteiger partial charge is 0.391 e. The number of aryl methyl sites for hydroxylation is 1. The van der Waals surface area contributed by atoms with Crippen molar-refractivity contribution in [1.29, 1.82) is 0 Å². The zero-order chi connectivity index (χ0) is 15.3. The molecule has 0 aliphatic heterocycles. The lowest BCUT2D eigenvalue weighted by atomic mass is 10.2. The van der Waals surface area contributed by atoms with Crippen LogP contribution >= 0.6 is 15.9 Å². The van der Waals surface area contributed by atoms with Crippen LogP contribution in [0.25, 0.3) is 0 Å². The smallest absolute Gasteiger partial charge is 0.380 e. The van der Waals surface area contributed by atoms with E-state index in [0.29, 0.717) is 6.54 Å². The zero-order valence-corrected chi connectivity index (χ0v) is 12.9. The number of aromatic nitrogens is 2. The quantitative estimate of drug-likeness (QED) is 0.848. The fraction of sp³-hybridized carbons (Fsp3) is 0.667. The van der Waals surface area contributed by atoms with Gasteiger partial charge in [-0.2, -0.15) is 18.3 Å². The maximum Gasteiger partial charge on any atom is 0.391 e. The van der Waals surface area contributed by atoms with E-state index in [1.807, 2.05) is 6.92 Å². The molecule has 0 amide bonds. The maximum absolute atomic E-state index is 12.3. The van der Waals surface area contributed by atoms with Crippen LogP contribution in [0.4, 0.5) is 18.9 Å². The Morgan fingerprint density at radius 2 is 2.15 bits per heavy atom. The van der Waals surface area contributed by atoms with Gasteiger partial charge in [0.25, 0.3) is 5.56 Å². The molecule has 0 bridgehead atoms. The predicted octanol–water partition coefficient (Wildman–Crippen LogP) is 3.56.